The van der Waals surface area contributed by atoms with Crippen molar-refractivity contribution >= 4 is 55.8 Å². The van der Waals surface area contributed by atoms with Gasteiger partial charge in [0.15, 0.2) is 9.84 Å². The van der Waals surface area contributed by atoms with E-state index in [4.69, 9.17) is 17.0 Å². The zero-order valence-electron chi connectivity index (χ0n) is 18.0. The molecule has 0 bridgehead atoms. The number of nitrogens with zero attached hydrogens (tertiary/aromatic N) is 3. The van der Waals surface area contributed by atoms with E-state index < -0.39 is 27.3 Å². The minimum Gasteiger partial charge on any atom is -0.438 e. The van der Waals surface area contributed by atoms with E-state index in [9.17, 15) is 18.0 Å². The maximum atomic E-state index is 13.3. The van der Waals surface area contributed by atoms with Gasteiger partial charge in [-0.1, -0.05) is 47.7 Å². The van der Waals surface area contributed by atoms with Gasteiger partial charge in [0.1, 0.15) is 21.3 Å². The van der Waals surface area contributed by atoms with Crippen molar-refractivity contribution in [3.63, 3.8) is 0 Å². The fraction of sp³-hybridized carbons (Fsp3) is 0.217. The summed E-state index contributed by atoms with van der Waals surface area (Å²) in [5.41, 5.74) is 1.15. The Kier molecular flexibility index (Phi) is 5.78. The molecule has 0 aliphatic carbocycles. The highest BCUT2D eigenvalue weighted by molar-refractivity contribution is 8.26. The number of ether oxygens (including phenoxy) is 1. The monoisotopic (exact) mass is 513 g/mol. The van der Waals surface area contributed by atoms with Crippen LogP contribution in [0.15, 0.2) is 58.4 Å². The quantitative estimate of drug-likeness (QED) is 0.388. The molecule has 2 fully saturated rings. The zero-order valence-corrected chi connectivity index (χ0v) is 20.5. The smallest absolute Gasteiger partial charge is 0.269 e. The Morgan fingerprint density at radius 1 is 1.18 bits per heavy atom. The number of carbonyl (C=O) groups is 1. The molecule has 174 valence electrons. The second-order valence-electron chi connectivity index (χ2n) is 8.09. The van der Waals surface area contributed by atoms with Gasteiger partial charge in [-0.3, -0.25) is 18.9 Å². The lowest BCUT2D eigenvalue weighted by molar-refractivity contribution is -0.123. The van der Waals surface area contributed by atoms with Gasteiger partial charge in [-0.15, -0.1) is 0 Å². The predicted molar refractivity (Wildman–Crippen MR) is 135 cm³/mol. The van der Waals surface area contributed by atoms with E-state index in [1.165, 1.54) is 15.4 Å². The predicted octanol–water partition coefficient (Wildman–Crippen LogP) is 3.18. The minimum absolute atomic E-state index is 0.0260. The second kappa shape index (κ2) is 8.64. The highest BCUT2D eigenvalue weighted by Crippen LogP contribution is 2.37. The minimum atomic E-state index is -3.20. The largest absolute Gasteiger partial charge is 0.438 e. The number of pyridine rings is 1. The van der Waals surface area contributed by atoms with Gasteiger partial charge in [-0.25, -0.2) is 8.42 Å². The van der Waals surface area contributed by atoms with Gasteiger partial charge in [0.2, 0.25) is 5.88 Å². The Bertz CT molecular complexity index is 1530. The van der Waals surface area contributed by atoms with Crippen LogP contribution in [0.1, 0.15) is 17.5 Å². The lowest BCUT2D eigenvalue weighted by Gasteiger charge is -2.20. The average molecular weight is 514 g/mol. The van der Waals surface area contributed by atoms with E-state index in [1.807, 2.05) is 19.1 Å². The molecule has 2 saturated heterocycles. The fourth-order valence-electron chi connectivity index (χ4n) is 3.91. The number of sulfone groups is 1. The van der Waals surface area contributed by atoms with Gasteiger partial charge >= 0.3 is 0 Å². The van der Waals surface area contributed by atoms with Gasteiger partial charge in [0.25, 0.3) is 11.5 Å². The average Bonchev–Trinajstić information content (AvgIpc) is 3.29. The highest BCUT2D eigenvalue weighted by Gasteiger charge is 2.42. The molecule has 0 saturated carbocycles. The van der Waals surface area contributed by atoms with Crippen molar-refractivity contribution in [2.24, 2.45) is 0 Å². The molecule has 1 aromatic carbocycles. The van der Waals surface area contributed by atoms with Gasteiger partial charge in [-0.2, -0.15) is 4.98 Å². The number of hydrogen-bond acceptors (Lipinski definition) is 8. The first-order chi connectivity index (χ1) is 16.2. The first-order valence-electron chi connectivity index (χ1n) is 10.5. The molecule has 0 unspecified atom stereocenters. The number of aromatic nitrogens is 2. The number of aryl methyl sites for hydroxylation is 1. The molecule has 34 heavy (non-hydrogen) atoms. The van der Waals surface area contributed by atoms with Crippen LogP contribution < -0.4 is 10.3 Å². The third-order valence-corrected chi connectivity index (χ3v) is 8.72. The number of hydrogen-bond donors (Lipinski definition) is 0. The van der Waals surface area contributed by atoms with Crippen molar-refractivity contribution in [3.05, 3.63) is 75.0 Å². The van der Waals surface area contributed by atoms with Gasteiger partial charge < -0.3 is 4.74 Å². The first-order valence-corrected chi connectivity index (χ1v) is 13.5. The lowest BCUT2D eigenvalue weighted by Crippen LogP contribution is -2.39. The van der Waals surface area contributed by atoms with E-state index in [1.54, 1.807) is 36.5 Å². The molecule has 3 aromatic rings. The van der Waals surface area contributed by atoms with Crippen LogP contribution in [0.5, 0.6) is 11.6 Å². The number of rotatable bonds is 4. The van der Waals surface area contributed by atoms with Gasteiger partial charge in [0.05, 0.1) is 22.5 Å². The molecule has 1 atom stereocenters. The fourth-order valence-corrected chi connectivity index (χ4v) is 6.99. The van der Waals surface area contributed by atoms with E-state index in [0.29, 0.717) is 17.8 Å². The molecule has 0 radical (unpaired) electrons. The Hall–Kier alpha value is -3.02. The van der Waals surface area contributed by atoms with Crippen LogP contribution in [0.3, 0.4) is 0 Å². The Balaban J connectivity index is 1.58. The molecule has 1 amide bonds. The van der Waals surface area contributed by atoms with Crippen molar-refractivity contribution in [3.8, 4) is 11.6 Å². The molecular weight excluding hydrogens is 494 g/mol. The topological polar surface area (TPSA) is 98.1 Å². The summed E-state index contributed by atoms with van der Waals surface area (Å²) in [6, 6.07) is 12.0. The molecular formula is C23H19N3O5S3. The molecule has 2 aliphatic rings. The number of benzene rings is 1. The van der Waals surface area contributed by atoms with Gasteiger partial charge in [-0.05, 0) is 43.7 Å². The number of thiocarbonyl (C=S) groups is 1. The molecule has 2 aromatic heterocycles. The van der Waals surface area contributed by atoms with Crippen molar-refractivity contribution in [1.29, 1.82) is 0 Å². The van der Waals surface area contributed by atoms with Crippen molar-refractivity contribution in [2.75, 3.05) is 11.5 Å². The summed E-state index contributed by atoms with van der Waals surface area (Å²) in [6.07, 6.45) is 3.36. The summed E-state index contributed by atoms with van der Waals surface area (Å²) in [5, 5.41) is 0. The molecule has 5 rings (SSSR count). The van der Waals surface area contributed by atoms with Crippen molar-refractivity contribution in [1.82, 2.24) is 14.3 Å². The molecule has 11 heteroatoms. The van der Waals surface area contributed by atoms with E-state index in [2.05, 4.69) is 4.98 Å². The second-order valence-corrected chi connectivity index (χ2v) is 12.0. The van der Waals surface area contributed by atoms with Crippen LogP contribution in [0.4, 0.5) is 0 Å². The van der Waals surface area contributed by atoms with E-state index >= 15 is 0 Å². The number of fused-ring (bicyclic) bond motifs is 1. The maximum absolute atomic E-state index is 13.3. The third kappa shape index (κ3) is 4.26. The summed E-state index contributed by atoms with van der Waals surface area (Å²) in [6.45, 7) is 1.95. The number of amides is 1. The van der Waals surface area contributed by atoms with Crippen LogP contribution in [-0.4, -0.2) is 50.5 Å². The molecule has 2 aliphatic heterocycles. The molecule has 8 nitrogen and oxygen atoms in total. The summed E-state index contributed by atoms with van der Waals surface area (Å²) >= 11 is 6.42. The summed E-state index contributed by atoms with van der Waals surface area (Å²) in [7, 11) is -3.20. The van der Waals surface area contributed by atoms with Crippen LogP contribution in [0.25, 0.3) is 11.7 Å². The van der Waals surface area contributed by atoms with E-state index in [0.717, 1.165) is 17.3 Å². The van der Waals surface area contributed by atoms with Crippen LogP contribution in [0.2, 0.25) is 0 Å². The first kappa shape index (κ1) is 22.8. The Labute approximate surface area is 205 Å². The van der Waals surface area contributed by atoms with Crippen LogP contribution in [-0.2, 0) is 14.6 Å². The Morgan fingerprint density at radius 2 is 1.94 bits per heavy atom. The summed E-state index contributed by atoms with van der Waals surface area (Å²) in [4.78, 5) is 32.6. The molecule has 0 spiro atoms. The summed E-state index contributed by atoms with van der Waals surface area (Å²) < 4.78 is 31.4. The Morgan fingerprint density at radius 3 is 2.65 bits per heavy atom. The molecule has 0 N–H and O–H groups in total. The van der Waals surface area contributed by atoms with E-state index in [-0.39, 0.29) is 32.2 Å². The molecule has 4 heterocycles. The third-order valence-electron chi connectivity index (χ3n) is 5.64. The highest BCUT2D eigenvalue weighted by atomic mass is 32.2. The number of carbonyl (C=O) groups excluding carboxylic acids is 1. The maximum Gasteiger partial charge on any atom is 0.269 e. The van der Waals surface area contributed by atoms with Crippen molar-refractivity contribution in [2.45, 2.75) is 19.4 Å². The van der Waals surface area contributed by atoms with Crippen LogP contribution >= 0.6 is 24.0 Å². The van der Waals surface area contributed by atoms with Crippen molar-refractivity contribution < 1.29 is 17.9 Å². The summed E-state index contributed by atoms with van der Waals surface area (Å²) in [5.74, 6) is 0.0493. The number of thioether (sulfide) groups is 1. The standard InChI is InChI=1S/C23H19N3O5S3/c1-14-5-7-16(8-6-14)31-20-17(21(27)25-10-3-2-4-19(25)24-20)12-18-22(28)26(23(32)33-18)15-9-11-34(29,30)13-15/h2-8,10,12,15H,9,11,13H2,1H3/b18-12-/t15-/m0/s1. The lowest BCUT2D eigenvalue weighted by atomic mass is 10.2. The van der Waals surface area contributed by atoms with Gasteiger partial charge in [0, 0.05) is 6.20 Å². The zero-order chi connectivity index (χ0) is 24.0. The van der Waals surface area contributed by atoms with Crippen LogP contribution in [0, 0.1) is 6.92 Å². The SMILES string of the molecule is Cc1ccc(Oc2nc3ccccn3c(=O)c2/C=C2\SC(=S)N([C@H]3CCS(=O)(=O)C3)C2=O)cc1. The normalized spacial score (nSPS) is 21.0.